The molecule has 0 fully saturated rings. The number of carbonyl (C=O) groups is 4. The maximum atomic E-state index is 13.9. The number of rotatable bonds is 5. The van der Waals surface area contributed by atoms with Crippen molar-refractivity contribution < 1.29 is 41.8 Å². The summed E-state index contributed by atoms with van der Waals surface area (Å²) in [6.45, 7) is -0.668. The number of aromatic nitrogens is 1. The number of primary amides is 1. The SMILES string of the molecule is NC(=O)CC1(C(=O)O)C(=O)N(Cc2nc3c(C(F)(F)F)cccc3s2)C(=O)c2ccc(F)cc21. The summed E-state index contributed by atoms with van der Waals surface area (Å²) in [6, 6.07) is 5.89. The third-order valence-electron chi connectivity index (χ3n) is 5.39. The molecule has 0 radical (unpaired) electrons. The molecule has 1 atom stereocenters. The van der Waals surface area contributed by atoms with E-state index < -0.39 is 70.7 Å². The highest BCUT2D eigenvalue weighted by atomic mass is 32.1. The first-order chi connectivity index (χ1) is 15.9. The van der Waals surface area contributed by atoms with Crippen molar-refractivity contribution in [3.8, 4) is 0 Å². The van der Waals surface area contributed by atoms with Crippen molar-refractivity contribution in [3.63, 3.8) is 0 Å². The Morgan fingerprint density at radius 3 is 2.50 bits per heavy atom. The van der Waals surface area contributed by atoms with Crippen LogP contribution in [0.15, 0.2) is 36.4 Å². The van der Waals surface area contributed by atoms with Crippen molar-refractivity contribution in [2.24, 2.45) is 5.73 Å². The number of hydrogen-bond acceptors (Lipinski definition) is 6. The van der Waals surface area contributed by atoms with Crippen LogP contribution in [0.4, 0.5) is 17.6 Å². The van der Waals surface area contributed by atoms with Gasteiger partial charge in [0.25, 0.3) is 11.8 Å². The zero-order chi connectivity index (χ0) is 25.0. The highest BCUT2D eigenvalue weighted by Gasteiger charge is 2.57. The number of carbonyl (C=O) groups excluding carboxylic acids is 3. The van der Waals surface area contributed by atoms with Crippen molar-refractivity contribution in [1.82, 2.24) is 9.88 Å². The minimum absolute atomic E-state index is 0.0858. The molecule has 0 aliphatic carbocycles. The topological polar surface area (TPSA) is 131 Å². The Kier molecular flexibility index (Phi) is 5.39. The molecule has 34 heavy (non-hydrogen) atoms. The van der Waals surface area contributed by atoms with Crippen molar-refractivity contribution >= 4 is 45.2 Å². The van der Waals surface area contributed by atoms with E-state index in [-0.39, 0.29) is 15.3 Å². The third-order valence-corrected chi connectivity index (χ3v) is 6.40. The Morgan fingerprint density at radius 2 is 1.88 bits per heavy atom. The molecule has 3 aromatic rings. The molecule has 3 amide bonds. The molecule has 176 valence electrons. The smallest absolute Gasteiger partial charge is 0.418 e. The summed E-state index contributed by atoms with van der Waals surface area (Å²) in [7, 11) is 0. The van der Waals surface area contributed by atoms with Crippen molar-refractivity contribution in [3.05, 3.63) is 63.9 Å². The Labute approximate surface area is 191 Å². The van der Waals surface area contributed by atoms with E-state index in [1.165, 1.54) is 12.1 Å². The van der Waals surface area contributed by atoms with Gasteiger partial charge in [-0.1, -0.05) is 6.07 Å². The molecule has 0 bridgehead atoms. The van der Waals surface area contributed by atoms with Crippen LogP contribution in [0.25, 0.3) is 10.2 Å². The van der Waals surface area contributed by atoms with E-state index in [1.54, 1.807) is 0 Å². The van der Waals surface area contributed by atoms with Crippen LogP contribution in [-0.4, -0.2) is 38.7 Å². The number of aliphatic carboxylic acids is 1. The standard InChI is InChI=1S/C21H13F4N3O5S/c22-9-4-5-10-12(6-9)20(19(32)33,7-14(26)29)18(31)28(17(10)30)8-15-27-16-11(21(23,24)25)2-1-3-13(16)34-15/h1-6H,7-8H2,(H2,26,29)(H,32,33). The van der Waals surface area contributed by atoms with E-state index in [0.29, 0.717) is 11.0 Å². The van der Waals surface area contributed by atoms with Gasteiger partial charge in [-0.15, -0.1) is 11.3 Å². The minimum atomic E-state index is -4.70. The summed E-state index contributed by atoms with van der Waals surface area (Å²) < 4.78 is 54.1. The minimum Gasteiger partial charge on any atom is -0.480 e. The number of para-hydroxylation sites is 1. The molecule has 1 unspecified atom stereocenters. The number of alkyl halides is 3. The van der Waals surface area contributed by atoms with Gasteiger partial charge in [0.2, 0.25) is 5.91 Å². The summed E-state index contributed by atoms with van der Waals surface area (Å²) in [4.78, 5) is 54.8. The van der Waals surface area contributed by atoms with Gasteiger partial charge in [-0.3, -0.25) is 24.1 Å². The van der Waals surface area contributed by atoms with E-state index in [2.05, 4.69) is 4.98 Å². The second-order valence-electron chi connectivity index (χ2n) is 7.50. The fraction of sp³-hybridized carbons (Fsp3) is 0.190. The summed E-state index contributed by atoms with van der Waals surface area (Å²) in [5.74, 6) is -6.39. The zero-order valence-corrected chi connectivity index (χ0v) is 17.7. The van der Waals surface area contributed by atoms with Crippen LogP contribution < -0.4 is 5.73 Å². The van der Waals surface area contributed by atoms with Gasteiger partial charge in [0.05, 0.1) is 28.7 Å². The predicted molar refractivity (Wildman–Crippen MR) is 109 cm³/mol. The van der Waals surface area contributed by atoms with Gasteiger partial charge in [-0.05, 0) is 35.9 Å². The van der Waals surface area contributed by atoms with Crippen LogP contribution in [0.1, 0.15) is 32.9 Å². The molecule has 13 heteroatoms. The second-order valence-corrected chi connectivity index (χ2v) is 8.61. The molecule has 3 N–H and O–H groups in total. The molecule has 0 saturated heterocycles. The first-order valence-corrected chi connectivity index (χ1v) is 10.3. The number of amides is 3. The molecule has 2 heterocycles. The van der Waals surface area contributed by atoms with Crippen LogP contribution in [0.2, 0.25) is 0 Å². The lowest BCUT2D eigenvalue weighted by Gasteiger charge is -2.38. The highest BCUT2D eigenvalue weighted by Crippen LogP contribution is 2.41. The molecule has 8 nitrogen and oxygen atoms in total. The zero-order valence-electron chi connectivity index (χ0n) is 16.9. The molecule has 0 spiro atoms. The molecule has 1 aliphatic rings. The van der Waals surface area contributed by atoms with Crippen LogP contribution >= 0.6 is 11.3 Å². The number of nitrogens with zero attached hydrogens (tertiary/aromatic N) is 2. The van der Waals surface area contributed by atoms with Crippen molar-refractivity contribution in [2.45, 2.75) is 24.6 Å². The number of benzene rings is 2. The maximum Gasteiger partial charge on any atom is 0.418 e. The summed E-state index contributed by atoms with van der Waals surface area (Å²) in [5, 5.41) is 9.84. The fourth-order valence-corrected chi connectivity index (χ4v) is 4.91. The number of nitrogens with two attached hydrogens (primary N) is 1. The Balaban J connectivity index is 1.86. The Morgan fingerprint density at radius 1 is 1.18 bits per heavy atom. The monoisotopic (exact) mass is 495 g/mol. The summed E-state index contributed by atoms with van der Waals surface area (Å²) >= 11 is 0.775. The van der Waals surface area contributed by atoms with Crippen LogP contribution in [-0.2, 0) is 32.5 Å². The molecule has 2 aromatic carbocycles. The van der Waals surface area contributed by atoms with Crippen molar-refractivity contribution in [1.29, 1.82) is 0 Å². The summed E-state index contributed by atoms with van der Waals surface area (Å²) in [6.07, 6.45) is -5.77. The maximum absolute atomic E-state index is 13.9. The number of thiazole rings is 1. The van der Waals surface area contributed by atoms with Gasteiger partial charge in [0.1, 0.15) is 10.8 Å². The predicted octanol–water partition coefficient (Wildman–Crippen LogP) is 2.83. The normalized spacial score (nSPS) is 18.3. The Bertz CT molecular complexity index is 1390. The van der Waals surface area contributed by atoms with Crippen molar-refractivity contribution in [2.75, 3.05) is 0 Å². The van der Waals surface area contributed by atoms with E-state index in [1.807, 2.05) is 0 Å². The van der Waals surface area contributed by atoms with Gasteiger partial charge < -0.3 is 10.8 Å². The number of hydrogen-bond donors (Lipinski definition) is 2. The quantitative estimate of drug-likeness (QED) is 0.318. The van der Waals surface area contributed by atoms with Crippen LogP contribution in [0.5, 0.6) is 0 Å². The lowest BCUT2D eigenvalue weighted by atomic mass is 9.71. The van der Waals surface area contributed by atoms with E-state index >= 15 is 0 Å². The van der Waals surface area contributed by atoms with Gasteiger partial charge >= 0.3 is 12.1 Å². The average Bonchev–Trinajstić information content (AvgIpc) is 3.15. The Hall–Kier alpha value is -3.87. The van der Waals surface area contributed by atoms with Gasteiger partial charge in [0, 0.05) is 5.56 Å². The molecule has 4 rings (SSSR count). The van der Waals surface area contributed by atoms with Crippen LogP contribution in [0.3, 0.4) is 0 Å². The first-order valence-electron chi connectivity index (χ1n) is 9.50. The number of carboxylic acid groups (broad SMARTS) is 1. The average molecular weight is 495 g/mol. The number of halogens is 4. The van der Waals surface area contributed by atoms with E-state index in [9.17, 15) is 41.8 Å². The summed E-state index contributed by atoms with van der Waals surface area (Å²) in [5.41, 5.74) is 0.172. The number of fused-ring (bicyclic) bond motifs is 2. The molecule has 0 saturated carbocycles. The molecule has 1 aliphatic heterocycles. The van der Waals surface area contributed by atoms with E-state index in [4.69, 9.17) is 5.73 Å². The van der Waals surface area contributed by atoms with Gasteiger partial charge in [-0.2, -0.15) is 13.2 Å². The molecule has 1 aromatic heterocycles. The van der Waals surface area contributed by atoms with Gasteiger partial charge in [0.15, 0.2) is 5.41 Å². The van der Waals surface area contributed by atoms with Gasteiger partial charge in [-0.25, -0.2) is 9.37 Å². The fourth-order valence-electron chi connectivity index (χ4n) is 3.92. The lowest BCUT2D eigenvalue weighted by molar-refractivity contribution is -0.156. The third kappa shape index (κ3) is 3.57. The second kappa shape index (κ2) is 7.87. The number of carboxylic acids is 1. The first kappa shape index (κ1) is 23.3. The largest absolute Gasteiger partial charge is 0.480 e. The highest BCUT2D eigenvalue weighted by molar-refractivity contribution is 7.18. The molecular formula is C21H13F4N3O5S. The lowest BCUT2D eigenvalue weighted by Crippen LogP contribution is -2.59. The molecular weight excluding hydrogens is 482 g/mol. The van der Waals surface area contributed by atoms with E-state index in [0.717, 1.165) is 29.5 Å². The van der Waals surface area contributed by atoms with Crippen LogP contribution in [0, 0.1) is 5.82 Å². The number of imide groups is 1.